The Hall–Kier alpha value is -1.36. The van der Waals surface area contributed by atoms with Gasteiger partial charge in [0.05, 0.1) is 5.56 Å². The Kier molecular flexibility index (Phi) is 4.58. The molecule has 0 unspecified atom stereocenters. The average Bonchev–Trinajstić information content (AvgIpc) is 2.38. The summed E-state index contributed by atoms with van der Waals surface area (Å²) >= 11 is 0. The van der Waals surface area contributed by atoms with Gasteiger partial charge >= 0.3 is 0 Å². The molecule has 5 nitrogen and oxygen atoms in total. The molecule has 0 atom stereocenters. The second kappa shape index (κ2) is 6.19. The van der Waals surface area contributed by atoms with E-state index in [4.69, 9.17) is 4.74 Å². The van der Waals surface area contributed by atoms with E-state index in [1.54, 1.807) is 0 Å². The summed E-state index contributed by atoms with van der Waals surface area (Å²) < 4.78 is 6.08. The molecule has 1 fully saturated rings. The third kappa shape index (κ3) is 3.56. The second-order valence-corrected chi connectivity index (χ2v) is 5.20. The van der Waals surface area contributed by atoms with Crippen molar-refractivity contribution in [2.75, 3.05) is 32.0 Å². The van der Waals surface area contributed by atoms with E-state index in [2.05, 4.69) is 34.2 Å². The maximum Gasteiger partial charge on any atom is 0.222 e. The highest BCUT2D eigenvalue weighted by Gasteiger charge is 2.20. The van der Waals surface area contributed by atoms with Crippen LogP contribution < -0.4 is 10.1 Å². The monoisotopic (exact) mass is 264 g/mol. The van der Waals surface area contributed by atoms with Crippen molar-refractivity contribution >= 4 is 5.82 Å². The lowest BCUT2D eigenvalue weighted by Crippen LogP contribution is -2.36. The molecule has 106 valence electrons. The highest BCUT2D eigenvalue weighted by Crippen LogP contribution is 2.25. The largest absolute Gasteiger partial charge is 0.474 e. The molecule has 2 rings (SSSR count). The summed E-state index contributed by atoms with van der Waals surface area (Å²) in [5.41, 5.74) is 1.01. The van der Waals surface area contributed by atoms with Crippen molar-refractivity contribution in [1.82, 2.24) is 14.9 Å². The molecule has 1 N–H and O–H groups in total. The van der Waals surface area contributed by atoms with E-state index < -0.39 is 0 Å². The SMILES string of the molecule is CCNc1nc(C)nc(OC2CCN(C)CC2)c1C. The van der Waals surface area contributed by atoms with Gasteiger partial charge in [-0.15, -0.1) is 0 Å². The van der Waals surface area contributed by atoms with Crippen molar-refractivity contribution in [2.45, 2.75) is 39.7 Å². The molecular weight excluding hydrogens is 240 g/mol. The van der Waals surface area contributed by atoms with Gasteiger partial charge in [-0.3, -0.25) is 0 Å². The normalized spacial score (nSPS) is 17.5. The van der Waals surface area contributed by atoms with E-state index >= 15 is 0 Å². The van der Waals surface area contributed by atoms with Crippen LogP contribution >= 0.6 is 0 Å². The highest BCUT2D eigenvalue weighted by molar-refractivity contribution is 5.48. The van der Waals surface area contributed by atoms with Crippen molar-refractivity contribution in [3.63, 3.8) is 0 Å². The summed E-state index contributed by atoms with van der Waals surface area (Å²) in [5, 5.41) is 3.26. The number of ether oxygens (including phenoxy) is 1. The van der Waals surface area contributed by atoms with Crippen molar-refractivity contribution in [3.05, 3.63) is 11.4 Å². The molecular formula is C14H24N4O. The van der Waals surface area contributed by atoms with Gasteiger partial charge in [0, 0.05) is 19.6 Å². The van der Waals surface area contributed by atoms with Gasteiger partial charge in [-0.05, 0) is 40.7 Å². The summed E-state index contributed by atoms with van der Waals surface area (Å²) in [6.45, 7) is 9.02. The lowest BCUT2D eigenvalue weighted by atomic mass is 10.1. The first-order valence-electron chi connectivity index (χ1n) is 7.04. The maximum atomic E-state index is 6.08. The molecule has 19 heavy (non-hydrogen) atoms. The molecule has 1 aromatic rings. The molecule has 0 amide bonds. The van der Waals surface area contributed by atoms with Gasteiger partial charge in [0.25, 0.3) is 0 Å². The molecule has 0 saturated carbocycles. The molecule has 0 bridgehead atoms. The zero-order valence-electron chi connectivity index (χ0n) is 12.4. The van der Waals surface area contributed by atoms with Gasteiger partial charge in [-0.1, -0.05) is 0 Å². The van der Waals surface area contributed by atoms with Gasteiger partial charge in [0.15, 0.2) is 0 Å². The Balaban J connectivity index is 2.11. The predicted molar refractivity (Wildman–Crippen MR) is 76.8 cm³/mol. The number of nitrogens with one attached hydrogen (secondary N) is 1. The van der Waals surface area contributed by atoms with Crippen LogP contribution in [0.1, 0.15) is 31.2 Å². The Bertz CT molecular complexity index is 428. The predicted octanol–water partition coefficient (Wildman–Crippen LogP) is 2.00. The molecule has 0 aromatic carbocycles. The minimum Gasteiger partial charge on any atom is -0.474 e. The summed E-state index contributed by atoms with van der Waals surface area (Å²) in [6, 6.07) is 0. The van der Waals surface area contributed by atoms with Crippen molar-refractivity contribution in [3.8, 4) is 5.88 Å². The van der Waals surface area contributed by atoms with Crippen LogP contribution in [-0.2, 0) is 0 Å². The lowest BCUT2D eigenvalue weighted by Gasteiger charge is -2.29. The van der Waals surface area contributed by atoms with Crippen LogP contribution in [0.2, 0.25) is 0 Å². The van der Waals surface area contributed by atoms with Gasteiger partial charge in [0.2, 0.25) is 5.88 Å². The van der Waals surface area contributed by atoms with Gasteiger partial charge < -0.3 is 15.0 Å². The number of hydrogen-bond donors (Lipinski definition) is 1. The van der Waals surface area contributed by atoms with Crippen LogP contribution in [-0.4, -0.2) is 47.7 Å². The number of anilines is 1. The molecule has 5 heteroatoms. The molecule has 1 aliphatic rings. The van der Waals surface area contributed by atoms with Crippen molar-refractivity contribution < 1.29 is 4.74 Å². The molecule has 1 aromatic heterocycles. The molecule has 2 heterocycles. The van der Waals surface area contributed by atoms with E-state index in [0.29, 0.717) is 0 Å². The van der Waals surface area contributed by atoms with Crippen molar-refractivity contribution in [2.24, 2.45) is 0 Å². The number of hydrogen-bond acceptors (Lipinski definition) is 5. The van der Waals surface area contributed by atoms with Gasteiger partial charge in [-0.2, -0.15) is 4.98 Å². The molecule has 0 radical (unpaired) electrons. The number of aryl methyl sites for hydroxylation is 1. The number of aromatic nitrogens is 2. The number of likely N-dealkylation sites (tertiary alicyclic amines) is 1. The van der Waals surface area contributed by atoms with Crippen LogP contribution in [0.4, 0.5) is 5.82 Å². The van der Waals surface area contributed by atoms with Crippen LogP contribution in [0.25, 0.3) is 0 Å². The quantitative estimate of drug-likeness (QED) is 0.901. The Morgan fingerprint density at radius 3 is 2.58 bits per heavy atom. The standard InChI is InChI=1S/C14H24N4O/c1-5-15-13-10(2)14(17-11(3)16-13)19-12-6-8-18(4)9-7-12/h12H,5-9H2,1-4H3,(H,15,16,17). The van der Waals surface area contributed by atoms with E-state index in [1.807, 2.05) is 13.8 Å². The molecule has 0 aliphatic carbocycles. The maximum absolute atomic E-state index is 6.08. The summed E-state index contributed by atoms with van der Waals surface area (Å²) in [4.78, 5) is 11.2. The number of nitrogens with zero attached hydrogens (tertiary/aromatic N) is 3. The van der Waals surface area contributed by atoms with Gasteiger partial charge in [0.1, 0.15) is 17.7 Å². The Morgan fingerprint density at radius 2 is 1.95 bits per heavy atom. The smallest absolute Gasteiger partial charge is 0.222 e. The average molecular weight is 264 g/mol. The summed E-state index contributed by atoms with van der Waals surface area (Å²) in [5.74, 6) is 2.38. The zero-order chi connectivity index (χ0) is 13.8. The molecule has 1 saturated heterocycles. The first kappa shape index (κ1) is 14.1. The topological polar surface area (TPSA) is 50.3 Å². The highest BCUT2D eigenvalue weighted by atomic mass is 16.5. The fourth-order valence-electron chi connectivity index (χ4n) is 2.32. The Morgan fingerprint density at radius 1 is 1.26 bits per heavy atom. The van der Waals surface area contributed by atoms with Crippen LogP contribution in [0, 0.1) is 13.8 Å². The fraction of sp³-hybridized carbons (Fsp3) is 0.714. The van der Waals surface area contributed by atoms with Gasteiger partial charge in [-0.25, -0.2) is 4.98 Å². The fourth-order valence-corrected chi connectivity index (χ4v) is 2.32. The first-order chi connectivity index (χ1) is 9.10. The molecule has 0 spiro atoms. The van der Waals surface area contributed by atoms with E-state index in [1.165, 1.54) is 0 Å². The minimum atomic E-state index is 0.277. The minimum absolute atomic E-state index is 0.277. The van der Waals surface area contributed by atoms with Crippen molar-refractivity contribution in [1.29, 1.82) is 0 Å². The zero-order valence-corrected chi connectivity index (χ0v) is 12.4. The Labute approximate surface area is 115 Å². The van der Waals surface area contributed by atoms with E-state index in [9.17, 15) is 0 Å². The first-order valence-corrected chi connectivity index (χ1v) is 7.04. The summed E-state index contributed by atoms with van der Waals surface area (Å²) in [6.07, 6.45) is 2.41. The summed E-state index contributed by atoms with van der Waals surface area (Å²) in [7, 11) is 2.15. The number of piperidine rings is 1. The van der Waals surface area contributed by atoms with E-state index in [-0.39, 0.29) is 6.10 Å². The lowest BCUT2D eigenvalue weighted by molar-refractivity contribution is 0.109. The van der Waals surface area contributed by atoms with E-state index in [0.717, 1.165) is 55.6 Å². The third-order valence-corrected chi connectivity index (χ3v) is 3.50. The molecule has 1 aliphatic heterocycles. The third-order valence-electron chi connectivity index (χ3n) is 3.50. The van der Waals surface area contributed by atoms with Crippen LogP contribution in [0.15, 0.2) is 0 Å². The van der Waals surface area contributed by atoms with Crippen LogP contribution in [0.5, 0.6) is 5.88 Å². The second-order valence-electron chi connectivity index (χ2n) is 5.20. The van der Waals surface area contributed by atoms with Crippen LogP contribution in [0.3, 0.4) is 0 Å². The number of rotatable bonds is 4.